The number of unbranched alkanes of at least 4 members (excludes halogenated alkanes) is 2. The molecular formula is C24H30N4O. The van der Waals surface area contributed by atoms with Crippen LogP contribution in [-0.2, 0) is 0 Å². The Labute approximate surface area is 173 Å². The van der Waals surface area contributed by atoms with Gasteiger partial charge in [-0.3, -0.25) is 0 Å². The molecule has 0 saturated carbocycles. The molecule has 0 saturated heterocycles. The van der Waals surface area contributed by atoms with Crippen LogP contribution in [0.4, 0.5) is 11.5 Å². The predicted molar refractivity (Wildman–Crippen MR) is 121 cm³/mol. The van der Waals surface area contributed by atoms with Gasteiger partial charge in [0.1, 0.15) is 17.4 Å². The van der Waals surface area contributed by atoms with E-state index in [4.69, 9.17) is 4.74 Å². The quantitative estimate of drug-likeness (QED) is 0.471. The Morgan fingerprint density at radius 1 is 1.07 bits per heavy atom. The van der Waals surface area contributed by atoms with Crippen molar-refractivity contribution >= 4 is 22.4 Å². The highest BCUT2D eigenvalue weighted by Gasteiger charge is 2.12. The average molecular weight is 391 g/mol. The summed E-state index contributed by atoms with van der Waals surface area (Å²) in [6.45, 7) is 6.60. The lowest BCUT2D eigenvalue weighted by Crippen LogP contribution is -2.13. The second kappa shape index (κ2) is 9.92. The Hall–Kier alpha value is -3.08. The summed E-state index contributed by atoms with van der Waals surface area (Å²) in [5, 5.41) is 4.12. The van der Waals surface area contributed by atoms with Gasteiger partial charge in [-0.1, -0.05) is 24.8 Å². The molecule has 1 N–H and O–H groups in total. The van der Waals surface area contributed by atoms with Gasteiger partial charge >= 0.3 is 0 Å². The average Bonchev–Trinajstić information content (AvgIpc) is 2.75. The molecule has 0 aliphatic carbocycles. The Kier molecular flexibility index (Phi) is 7.06. The predicted octanol–water partition coefficient (Wildman–Crippen LogP) is 5.38. The summed E-state index contributed by atoms with van der Waals surface area (Å²) in [7, 11) is 3.95. The highest BCUT2D eigenvalue weighted by atomic mass is 16.5. The Morgan fingerprint density at radius 3 is 2.72 bits per heavy atom. The van der Waals surface area contributed by atoms with Gasteiger partial charge in [-0.2, -0.15) is 0 Å². The van der Waals surface area contributed by atoms with Crippen LogP contribution in [0.1, 0.15) is 31.5 Å². The van der Waals surface area contributed by atoms with Crippen LogP contribution < -0.4 is 15.0 Å². The third-order valence-corrected chi connectivity index (χ3v) is 4.96. The number of nitrogens with zero attached hydrogens (tertiary/aromatic N) is 3. The SMILES string of the molecule is C=C(CCCCCOc1cccc(N(C)c2nc(C)nc3ccccc23)c1)NC. The Balaban J connectivity index is 1.64. The van der Waals surface area contributed by atoms with Crippen LogP contribution >= 0.6 is 0 Å². The van der Waals surface area contributed by atoms with E-state index in [1.807, 2.05) is 51.4 Å². The van der Waals surface area contributed by atoms with Crippen LogP contribution in [0.15, 0.2) is 60.8 Å². The largest absolute Gasteiger partial charge is 0.494 e. The molecule has 3 rings (SSSR count). The lowest BCUT2D eigenvalue weighted by atomic mass is 10.1. The summed E-state index contributed by atoms with van der Waals surface area (Å²) in [5.74, 6) is 2.54. The molecule has 0 atom stereocenters. The molecule has 3 aromatic rings. The van der Waals surface area contributed by atoms with Crippen molar-refractivity contribution in [1.29, 1.82) is 0 Å². The first-order chi connectivity index (χ1) is 14.1. The van der Waals surface area contributed by atoms with Crippen LogP contribution in [0, 0.1) is 6.92 Å². The Morgan fingerprint density at radius 2 is 1.90 bits per heavy atom. The zero-order valence-corrected chi connectivity index (χ0v) is 17.6. The van der Waals surface area contributed by atoms with E-state index >= 15 is 0 Å². The number of fused-ring (bicyclic) bond motifs is 1. The second-order valence-electron chi connectivity index (χ2n) is 7.18. The zero-order valence-electron chi connectivity index (χ0n) is 17.6. The minimum atomic E-state index is 0.717. The van der Waals surface area contributed by atoms with Crippen LogP contribution in [0.5, 0.6) is 5.75 Å². The fraction of sp³-hybridized carbons (Fsp3) is 0.333. The minimum Gasteiger partial charge on any atom is -0.494 e. The molecule has 152 valence electrons. The van der Waals surface area contributed by atoms with Crippen LogP contribution in [0.3, 0.4) is 0 Å². The molecule has 1 aromatic heterocycles. The number of para-hydroxylation sites is 1. The molecular weight excluding hydrogens is 360 g/mol. The number of hydrogen-bond acceptors (Lipinski definition) is 5. The molecule has 2 aromatic carbocycles. The lowest BCUT2D eigenvalue weighted by Gasteiger charge is -2.21. The van der Waals surface area contributed by atoms with E-state index in [-0.39, 0.29) is 0 Å². The first kappa shape index (κ1) is 20.6. The molecule has 0 unspecified atom stereocenters. The third-order valence-electron chi connectivity index (χ3n) is 4.96. The van der Waals surface area contributed by atoms with Gasteiger partial charge < -0.3 is 15.0 Å². The molecule has 0 aliphatic heterocycles. The fourth-order valence-corrected chi connectivity index (χ4v) is 3.27. The van der Waals surface area contributed by atoms with Gasteiger partial charge in [0.15, 0.2) is 0 Å². The van der Waals surface area contributed by atoms with Gasteiger partial charge in [-0.05, 0) is 56.9 Å². The van der Waals surface area contributed by atoms with Gasteiger partial charge in [-0.25, -0.2) is 9.97 Å². The smallest absolute Gasteiger partial charge is 0.144 e. The maximum Gasteiger partial charge on any atom is 0.144 e. The summed E-state index contributed by atoms with van der Waals surface area (Å²) in [6.07, 6.45) is 4.31. The topological polar surface area (TPSA) is 50.3 Å². The molecule has 0 spiro atoms. The highest BCUT2D eigenvalue weighted by Crippen LogP contribution is 2.30. The van der Waals surface area contributed by atoms with Crippen molar-refractivity contribution in [3.05, 3.63) is 66.6 Å². The van der Waals surface area contributed by atoms with Crippen molar-refractivity contribution in [3.8, 4) is 5.75 Å². The van der Waals surface area contributed by atoms with Crippen LogP contribution in [0.2, 0.25) is 0 Å². The highest BCUT2D eigenvalue weighted by molar-refractivity contribution is 5.91. The number of ether oxygens (including phenoxy) is 1. The molecule has 5 heteroatoms. The number of benzene rings is 2. The van der Waals surface area contributed by atoms with Crippen molar-refractivity contribution < 1.29 is 4.74 Å². The number of hydrogen-bond donors (Lipinski definition) is 1. The first-order valence-electron chi connectivity index (χ1n) is 10.1. The van der Waals surface area contributed by atoms with E-state index in [2.05, 4.69) is 45.0 Å². The maximum absolute atomic E-state index is 5.98. The summed E-state index contributed by atoms with van der Waals surface area (Å²) < 4.78 is 5.98. The van der Waals surface area contributed by atoms with Crippen LogP contribution in [-0.4, -0.2) is 30.7 Å². The van der Waals surface area contributed by atoms with Gasteiger partial charge in [0.05, 0.1) is 12.1 Å². The van der Waals surface area contributed by atoms with Gasteiger partial charge in [0, 0.05) is 36.9 Å². The van der Waals surface area contributed by atoms with E-state index in [1.165, 1.54) is 0 Å². The number of aromatic nitrogens is 2. The number of nitrogens with one attached hydrogen (secondary N) is 1. The monoisotopic (exact) mass is 390 g/mol. The standard InChI is InChI=1S/C24H30N4O/c1-18(25-3)11-6-5-9-16-29-21-13-10-12-20(17-21)28(4)24-22-14-7-8-15-23(22)26-19(2)27-24/h7-8,10,12-15,17,25H,1,5-6,9,11,16H2,2-4H3. The molecule has 0 fully saturated rings. The van der Waals surface area contributed by atoms with E-state index in [0.29, 0.717) is 0 Å². The molecule has 1 heterocycles. The molecule has 0 bridgehead atoms. The molecule has 5 nitrogen and oxygen atoms in total. The van der Waals surface area contributed by atoms with E-state index < -0.39 is 0 Å². The third kappa shape index (κ3) is 5.47. The normalized spacial score (nSPS) is 10.7. The zero-order chi connectivity index (χ0) is 20.6. The number of rotatable bonds is 10. The van der Waals surface area contributed by atoms with Gasteiger partial charge in [0.25, 0.3) is 0 Å². The molecule has 0 radical (unpaired) electrons. The summed E-state index contributed by atoms with van der Waals surface area (Å²) in [6, 6.07) is 16.3. The number of aryl methyl sites for hydroxylation is 1. The Bertz CT molecular complexity index is 970. The molecule has 29 heavy (non-hydrogen) atoms. The van der Waals surface area contributed by atoms with E-state index in [9.17, 15) is 0 Å². The number of allylic oxidation sites excluding steroid dienone is 1. The maximum atomic E-state index is 5.98. The van der Waals surface area contributed by atoms with Crippen LogP contribution in [0.25, 0.3) is 10.9 Å². The van der Waals surface area contributed by atoms with E-state index in [0.717, 1.165) is 72.0 Å². The van der Waals surface area contributed by atoms with Crippen molar-refractivity contribution in [2.75, 3.05) is 25.6 Å². The van der Waals surface area contributed by atoms with Gasteiger partial charge in [0.2, 0.25) is 0 Å². The van der Waals surface area contributed by atoms with Crippen molar-refractivity contribution in [2.24, 2.45) is 0 Å². The summed E-state index contributed by atoms with van der Waals surface area (Å²) in [5.41, 5.74) is 3.08. The molecule has 0 aliphatic rings. The molecule has 0 amide bonds. The van der Waals surface area contributed by atoms with Crippen molar-refractivity contribution in [3.63, 3.8) is 0 Å². The second-order valence-corrected chi connectivity index (χ2v) is 7.18. The lowest BCUT2D eigenvalue weighted by molar-refractivity contribution is 0.305. The van der Waals surface area contributed by atoms with E-state index in [1.54, 1.807) is 0 Å². The van der Waals surface area contributed by atoms with Crippen molar-refractivity contribution in [2.45, 2.75) is 32.6 Å². The van der Waals surface area contributed by atoms with Crippen molar-refractivity contribution in [1.82, 2.24) is 15.3 Å². The van der Waals surface area contributed by atoms with Gasteiger partial charge in [-0.15, -0.1) is 0 Å². The fourth-order valence-electron chi connectivity index (χ4n) is 3.27. The minimum absolute atomic E-state index is 0.717. The summed E-state index contributed by atoms with van der Waals surface area (Å²) >= 11 is 0. The number of anilines is 2. The summed E-state index contributed by atoms with van der Waals surface area (Å²) in [4.78, 5) is 11.3. The first-order valence-corrected chi connectivity index (χ1v) is 10.1.